The molecule has 3 aromatic rings. The first-order chi connectivity index (χ1) is 15.9. The van der Waals surface area contributed by atoms with Gasteiger partial charge in [-0.15, -0.1) is 0 Å². The van der Waals surface area contributed by atoms with Crippen LogP contribution in [0, 0.1) is 0 Å². The van der Waals surface area contributed by atoms with Crippen LogP contribution < -0.4 is 15.4 Å². The predicted octanol–water partition coefficient (Wildman–Crippen LogP) is 3.76. The lowest BCUT2D eigenvalue weighted by atomic mass is 10.0. The topological polar surface area (TPSA) is 108 Å². The number of phenols is 1. The third-order valence-electron chi connectivity index (χ3n) is 5.73. The van der Waals surface area contributed by atoms with Gasteiger partial charge in [0.1, 0.15) is 17.5 Å². The molecular weight excluding hydrogens is 422 g/mol. The number of hydrogen-bond acceptors (Lipinski definition) is 5. The van der Waals surface area contributed by atoms with E-state index in [-0.39, 0.29) is 29.0 Å². The Morgan fingerprint density at radius 1 is 1.06 bits per heavy atom. The van der Waals surface area contributed by atoms with Crippen molar-refractivity contribution in [3.8, 4) is 11.5 Å². The van der Waals surface area contributed by atoms with Crippen LogP contribution in [-0.2, 0) is 9.59 Å². The molecule has 3 aromatic carbocycles. The number of anilines is 2. The Hall–Kier alpha value is -4.07. The highest BCUT2D eigenvalue weighted by Crippen LogP contribution is 2.32. The molecule has 33 heavy (non-hydrogen) atoms. The van der Waals surface area contributed by atoms with Gasteiger partial charge in [0, 0.05) is 30.6 Å². The van der Waals surface area contributed by atoms with Gasteiger partial charge in [-0.1, -0.05) is 30.3 Å². The van der Waals surface area contributed by atoms with Crippen LogP contribution in [-0.4, -0.2) is 47.4 Å². The van der Waals surface area contributed by atoms with Crippen molar-refractivity contribution in [3.63, 3.8) is 0 Å². The monoisotopic (exact) mass is 447 g/mol. The third kappa shape index (κ3) is 4.45. The Morgan fingerprint density at radius 3 is 2.61 bits per heavy atom. The van der Waals surface area contributed by atoms with E-state index in [1.54, 1.807) is 42.5 Å². The highest BCUT2D eigenvalue weighted by Gasteiger charge is 2.35. The Bertz CT molecular complexity index is 1240. The number of aromatic hydroxyl groups is 1. The van der Waals surface area contributed by atoms with Crippen LogP contribution in [0.5, 0.6) is 11.5 Å². The first kappa shape index (κ1) is 22.1. The van der Waals surface area contributed by atoms with Crippen molar-refractivity contribution in [3.05, 3.63) is 60.2 Å². The second-order valence-electron chi connectivity index (χ2n) is 7.92. The van der Waals surface area contributed by atoms with Gasteiger partial charge in [-0.25, -0.2) is 0 Å². The van der Waals surface area contributed by atoms with Crippen LogP contribution in [0.25, 0.3) is 10.8 Å². The summed E-state index contributed by atoms with van der Waals surface area (Å²) >= 11 is 0. The molecule has 1 unspecified atom stereocenters. The minimum Gasteiger partial charge on any atom is -0.506 e. The molecule has 0 aromatic heterocycles. The number of nitrogens with one attached hydrogen (secondary N) is 2. The van der Waals surface area contributed by atoms with Gasteiger partial charge < -0.3 is 25.4 Å². The molecule has 0 bridgehead atoms. The summed E-state index contributed by atoms with van der Waals surface area (Å²) in [6.45, 7) is 1.82. The molecule has 0 aliphatic carbocycles. The average Bonchev–Trinajstić information content (AvgIpc) is 3.30. The van der Waals surface area contributed by atoms with Gasteiger partial charge in [0.15, 0.2) is 0 Å². The Kier molecular flexibility index (Phi) is 6.17. The number of fused-ring (bicyclic) bond motifs is 1. The molecule has 1 aliphatic rings. The van der Waals surface area contributed by atoms with E-state index < -0.39 is 6.04 Å². The molecule has 0 spiro atoms. The Labute approximate surface area is 191 Å². The zero-order valence-corrected chi connectivity index (χ0v) is 18.4. The minimum atomic E-state index is -0.663. The second-order valence-corrected chi connectivity index (χ2v) is 7.92. The van der Waals surface area contributed by atoms with Crippen LogP contribution in [0.3, 0.4) is 0 Å². The molecule has 4 rings (SSSR count). The van der Waals surface area contributed by atoms with Gasteiger partial charge in [-0.2, -0.15) is 0 Å². The lowest BCUT2D eigenvalue weighted by molar-refractivity contribution is -0.119. The maximum Gasteiger partial charge on any atom is 0.258 e. The van der Waals surface area contributed by atoms with E-state index in [0.717, 1.165) is 5.39 Å². The van der Waals surface area contributed by atoms with Crippen molar-refractivity contribution in [1.29, 1.82) is 0 Å². The van der Waals surface area contributed by atoms with Gasteiger partial charge in [0.25, 0.3) is 5.91 Å². The van der Waals surface area contributed by atoms with Crippen LogP contribution in [0.15, 0.2) is 54.6 Å². The lowest BCUT2D eigenvalue weighted by Crippen LogP contribution is -2.43. The summed E-state index contributed by atoms with van der Waals surface area (Å²) in [5, 5.41) is 17.6. The number of benzene rings is 3. The molecule has 0 saturated carbocycles. The molecule has 1 aliphatic heterocycles. The normalized spacial score (nSPS) is 15.3. The van der Waals surface area contributed by atoms with Crippen molar-refractivity contribution in [2.75, 3.05) is 24.3 Å². The summed E-state index contributed by atoms with van der Waals surface area (Å²) < 4.78 is 5.30. The second kappa shape index (κ2) is 9.20. The minimum absolute atomic E-state index is 0.0811. The fraction of sp³-hybridized carbons (Fsp3) is 0.240. The summed E-state index contributed by atoms with van der Waals surface area (Å²) in [6.07, 6.45) is 1.20. The summed E-state index contributed by atoms with van der Waals surface area (Å²) in [5.74, 6) is -0.613. The first-order valence-corrected chi connectivity index (χ1v) is 10.7. The molecule has 3 N–H and O–H groups in total. The SMILES string of the molecule is COc1cc(NC(=O)C2CCCN2C(=O)c2ccc3ccccc3c2O)ccc1NC(C)=O. The van der Waals surface area contributed by atoms with Crippen molar-refractivity contribution in [2.24, 2.45) is 0 Å². The van der Waals surface area contributed by atoms with E-state index in [4.69, 9.17) is 4.74 Å². The van der Waals surface area contributed by atoms with Crippen LogP contribution in [0.4, 0.5) is 11.4 Å². The van der Waals surface area contributed by atoms with Gasteiger partial charge >= 0.3 is 0 Å². The number of ether oxygens (including phenoxy) is 1. The zero-order valence-electron chi connectivity index (χ0n) is 18.4. The van der Waals surface area contributed by atoms with Gasteiger partial charge in [0.05, 0.1) is 18.4 Å². The number of methoxy groups -OCH3 is 1. The highest BCUT2D eigenvalue weighted by molar-refractivity contribution is 6.06. The van der Waals surface area contributed by atoms with Crippen LogP contribution >= 0.6 is 0 Å². The van der Waals surface area contributed by atoms with Crippen LogP contribution in [0.2, 0.25) is 0 Å². The first-order valence-electron chi connectivity index (χ1n) is 10.7. The van der Waals surface area contributed by atoms with Crippen molar-refractivity contribution >= 4 is 39.9 Å². The molecule has 1 saturated heterocycles. The molecule has 170 valence electrons. The largest absolute Gasteiger partial charge is 0.506 e. The summed E-state index contributed by atoms with van der Waals surface area (Å²) in [7, 11) is 1.47. The quantitative estimate of drug-likeness (QED) is 0.552. The van der Waals surface area contributed by atoms with E-state index in [1.807, 2.05) is 12.1 Å². The van der Waals surface area contributed by atoms with Gasteiger partial charge in [-0.05, 0) is 36.4 Å². The third-order valence-corrected chi connectivity index (χ3v) is 5.73. The van der Waals surface area contributed by atoms with Crippen molar-refractivity contribution in [1.82, 2.24) is 4.90 Å². The number of rotatable bonds is 5. The number of carbonyl (C=O) groups excluding carboxylic acids is 3. The molecule has 3 amide bonds. The molecule has 1 heterocycles. The van der Waals surface area contributed by atoms with E-state index in [2.05, 4.69) is 10.6 Å². The van der Waals surface area contributed by atoms with Crippen LogP contribution in [0.1, 0.15) is 30.1 Å². The number of nitrogens with zero attached hydrogens (tertiary/aromatic N) is 1. The molecule has 1 atom stereocenters. The summed E-state index contributed by atoms with van der Waals surface area (Å²) in [4.78, 5) is 39.1. The molecule has 8 heteroatoms. The lowest BCUT2D eigenvalue weighted by Gasteiger charge is -2.25. The fourth-order valence-electron chi connectivity index (χ4n) is 4.15. The van der Waals surface area contributed by atoms with Crippen molar-refractivity contribution < 1.29 is 24.2 Å². The standard InChI is InChI=1S/C25H25N3O5/c1-15(29)26-20-12-10-17(14-22(20)33-2)27-24(31)21-8-5-13-28(21)25(32)19-11-9-16-6-3-4-7-18(16)23(19)30/h3-4,6-7,9-12,14,21,30H,5,8,13H2,1-2H3,(H,26,29)(H,27,31). The Morgan fingerprint density at radius 2 is 1.85 bits per heavy atom. The number of carbonyl (C=O) groups is 3. The highest BCUT2D eigenvalue weighted by atomic mass is 16.5. The summed E-state index contributed by atoms with van der Waals surface area (Å²) in [6, 6.07) is 14.9. The van der Waals surface area contributed by atoms with E-state index in [9.17, 15) is 19.5 Å². The number of hydrogen-bond donors (Lipinski definition) is 3. The number of phenolic OH excluding ortho intramolecular Hbond substituents is 1. The van der Waals surface area contributed by atoms with E-state index >= 15 is 0 Å². The smallest absolute Gasteiger partial charge is 0.258 e. The summed E-state index contributed by atoms with van der Waals surface area (Å²) in [5.41, 5.74) is 1.15. The van der Waals surface area contributed by atoms with E-state index in [1.165, 1.54) is 18.9 Å². The van der Waals surface area contributed by atoms with Gasteiger partial charge in [0.2, 0.25) is 11.8 Å². The average molecular weight is 447 g/mol. The fourth-order valence-corrected chi connectivity index (χ4v) is 4.15. The number of likely N-dealkylation sites (tertiary alicyclic amines) is 1. The zero-order chi connectivity index (χ0) is 23.5. The number of amides is 3. The van der Waals surface area contributed by atoms with Gasteiger partial charge in [-0.3, -0.25) is 14.4 Å². The molecule has 1 fully saturated rings. The predicted molar refractivity (Wildman–Crippen MR) is 126 cm³/mol. The van der Waals surface area contributed by atoms with Crippen molar-refractivity contribution in [2.45, 2.75) is 25.8 Å². The Balaban J connectivity index is 1.54. The maximum absolute atomic E-state index is 13.3. The van der Waals surface area contributed by atoms with E-state index in [0.29, 0.717) is 41.9 Å². The molecular formula is C25H25N3O5. The molecule has 0 radical (unpaired) electrons. The molecule has 8 nitrogen and oxygen atoms in total. The maximum atomic E-state index is 13.3.